The number of anilines is 1. The fourth-order valence-electron chi connectivity index (χ4n) is 2.05. The van der Waals surface area contributed by atoms with Gasteiger partial charge in [0.05, 0.1) is 11.3 Å². The van der Waals surface area contributed by atoms with Crippen molar-refractivity contribution >= 4 is 17.7 Å². The number of rotatable bonds is 3. The third-order valence-electron chi connectivity index (χ3n) is 3.13. The zero-order valence-electron chi connectivity index (χ0n) is 11.6. The van der Waals surface area contributed by atoms with E-state index in [1.165, 1.54) is 6.08 Å². The molecule has 0 saturated carbocycles. The largest absolute Gasteiger partial charge is 0.454 e. The van der Waals surface area contributed by atoms with E-state index in [9.17, 15) is 4.79 Å². The quantitative estimate of drug-likeness (QED) is 0.883. The number of nitrogens with zero attached hydrogens (tertiary/aromatic N) is 1. The monoisotopic (exact) mass is 292 g/mol. The molecule has 0 atom stereocenters. The molecule has 0 bridgehead atoms. The second kappa shape index (κ2) is 6.02. The van der Waals surface area contributed by atoms with Crippen LogP contribution in [0.25, 0.3) is 6.08 Å². The summed E-state index contributed by atoms with van der Waals surface area (Å²) in [5.74, 6) is 1.06. The summed E-state index contributed by atoms with van der Waals surface area (Å²) in [4.78, 5) is 11.9. The lowest BCUT2D eigenvalue weighted by atomic mass is 10.1. The van der Waals surface area contributed by atoms with Gasteiger partial charge in [-0.2, -0.15) is 5.26 Å². The van der Waals surface area contributed by atoms with Crippen molar-refractivity contribution in [2.75, 3.05) is 12.1 Å². The maximum Gasteiger partial charge on any atom is 0.248 e. The number of carbonyl (C=O) groups is 1. The lowest BCUT2D eigenvalue weighted by Crippen LogP contribution is -2.08. The van der Waals surface area contributed by atoms with Crippen molar-refractivity contribution in [3.63, 3.8) is 0 Å². The van der Waals surface area contributed by atoms with Gasteiger partial charge in [-0.25, -0.2) is 0 Å². The van der Waals surface area contributed by atoms with Crippen LogP contribution in [-0.2, 0) is 4.79 Å². The first-order valence-corrected chi connectivity index (χ1v) is 6.64. The Morgan fingerprint density at radius 2 is 2.00 bits per heavy atom. The highest BCUT2D eigenvalue weighted by Crippen LogP contribution is 2.32. The number of benzene rings is 2. The Morgan fingerprint density at radius 1 is 1.18 bits per heavy atom. The van der Waals surface area contributed by atoms with Gasteiger partial charge in [0.25, 0.3) is 0 Å². The minimum absolute atomic E-state index is 0.216. The summed E-state index contributed by atoms with van der Waals surface area (Å²) in [6, 6.07) is 14.3. The SMILES string of the molecule is N#Cc1ccccc1NC(=O)/C=C/c1ccc2c(c1)OCO2. The van der Waals surface area contributed by atoms with Crippen molar-refractivity contribution < 1.29 is 14.3 Å². The van der Waals surface area contributed by atoms with E-state index in [4.69, 9.17) is 14.7 Å². The van der Waals surface area contributed by atoms with Crippen LogP contribution in [0.5, 0.6) is 11.5 Å². The van der Waals surface area contributed by atoms with Crippen LogP contribution in [-0.4, -0.2) is 12.7 Å². The van der Waals surface area contributed by atoms with Gasteiger partial charge >= 0.3 is 0 Å². The molecule has 22 heavy (non-hydrogen) atoms. The van der Waals surface area contributed by atoms with E-state index >= 15 is 0 Å². The van der Waals surface area contributed by atoms with Crippen LogP contribution in [0.2, 0.25) is 0 Å². The van der Waals surface area contributed by atoms with E-state index in [1.54, 1.807) is 42.5 Å². The Labute approximate surface area is 127 Å². The van der Waals surface area contributed by atoms with Crippen molar-refractivity contribution in [3.8, 4) is 17.6 Å². The molecule has 0 radical (unpaired) electrons. The number of para-hydroxylation sites is 1. The van der Waals surface area contributed by atoms with Crippen molar-refractivity contribution in [2.24, 2.45) is 0 Å². The summed E-state index contributed by atoms with van der Waals surface area (Å²) >= 11 is 0. The molecular formula is C17H12N2O3. The summed E-state index contributed by atoms with van der Waals surface area (Å²) < 4.78 is 10.5. The topological polar surface area (TPSA) is 71.4 Å². The first-order valence-electron chi connectivity index (χ1n) is 6.64. The van der Waals surface area contributed by atoms with Crippen LogP contribution in [0, 0.1) is 11.3 Å². The number of nitriles is 1. The highest BCUT2D eigenvalue weighted by molar-refractivity contribution is 6.02. The third-order valence-corrected chi connectivity index (χ3v) is 3.13. The smallest absolute Gasteiger partial charge is 0.248 e. The second-order valence-electron chi connectivity index (χ2n) is 4.59. The van der Waals surface area contributed by atoms with Gasteiger partial charge in [-0.05, 0) is 35.9 Å². The molecule has 1 heterocycles. The van der Waals surface area contributed by atoms with Gasteiger partial charge in [0.15, 0.2) is 11.5 Å². The molecule has 1 aliphatic rings. The zero-order chi connectivity index (χ0) is 15.4. The van der Waals surface area contributed by atoms with Gasteiger partial charge in [-0.15, -0.1) is 0 Å². The standard InChI is InChI=1S/C17H12N2O3/c18-10-13-3-1-2-4-14(13)19-17(20)8-6-12-5-7-15-16(9-12)22-11-21-15/h1-9H,11H2,(H,19,20)/b8-6+. The Balaban J connectivity index is 1.70. The van der Waals surface area contributed by atoms with E-state index in [0.717, 1.165) is 5.56 Å². The van der Waals surface area contributed by atoms with Crippen molar-refractivity contribution in [3.05, 3.63) is 59.7 Å². The molecule has 0 spiro atoms. The van der Waals surface area contributed by atoms with E-state index in [1.807, 2.05) is 12.1 Å². The Hall–Kier alpha value is -3.26. The molecule has 108 valence electrons. The summed E-state index contributed by atoms with van der Waals surface area (Å²) in [6.07, 6.45) is 3.08. The molecule has 0 unspecified atom stereocenters. The van der Waals surface area contributed by atoms with Crippen molar-refractivity contribution in [1.29, 1.82) is 5.26 Å². The fraction of sp³-hybridized carbons (Fsp3) is 0.0588. The third kappa shape index (κ3) is 2.91. The molecular weight excluding hydrogens is 280 g/mol. The van der Waals surface area contributed by atoms with Gasteiger partial charge in [-0.3, -0.25) is 4.79 Å². The van der Waals surface area contributed by atoms with E-state index in [0.29, 0.717) is 22.7 Å². The van der Waals surface area contributed by atoms with Crippen LogP contribution in [0.15, 0.2) is 48.5 Å². The molecule has 5 nitrogen and oxygen atoms in total. The summed E-state index contributed by atoms with van der Waals surface area (Å²) in [7, 11) is 0. The highest BCUT2D eigenvalue weighted by atomic mass is 16.7. The fourth-order valence-corrected chi connectivity index (χ4v) is 2.05. The number of hydrogen-bond acceptors (Lipinski definition) is 4. The van der Waals surface area contributed by atoms with Crippen molar-refractivity contribution in [1.82, 2.24) is 0 Å². The number of nitrogens with one attached hydrogen (secondary N) is 1. The highest BCUT2D eigenvalue weighted by Gasteiger charge is 2.12. The van der Waals surface area contributed by atoms with E-state index in [2.05, 4.69) is 5.32 Å². The van der Waals surface area contributed by atoms with Crippen LogP contribution < -0.4 is 14.8 Å². The van der Waals surface area contributed by atoms with Gasteiger partial charge in [0, 0.05) is 6.08 Å². The number of carbonyl (C=O) groups excluding carboxylic acids is 1. The lowest BCUT2D eigenvalue weighted by Gasteiger charge is -2.03. The van der Waals surface area contributed by atoms with Crippen LogP contribution >= 0.6 is 0 Å². The summed E-state index contributed by atoms with van der Waals surface area (Å²) in [5, 5.41) is 11.7. The molecule has 2 aromatic carbocycles. The van der Waals surface area contributed by atoms with E-state index < -0.39 is 0 Å². The average Bonchev–Trinajstić information content (AvgIpc) is 3.01. The van der Waals surface area contributed by atoms with Gasteiger partial charge < -0.3 is 14.8 Å². The number of hydrogen-bond donors (Lipinski definition) is 1. The second-order valence-corrected chi connectivity index (χ2v) is 4.59. The Bertz CT molecular complexity index is 791. The van der Waals surface area contributed by atoms with Gasteiger partial charge in [0.1, 0.15) is 6.07 Å². The molecule has 0 fully saturated rings. The van der Waals surface area contributed by atoms with Crippen LogP contribution in [0.4, 0.5) is 5.69 Å². The number of ether oxygens (including phenoxy) is 2. The molecule has 2 aromatic rings. The first kappa shape index (κ1) is 13.7. The molecule has 3 rings (SSSR count). The molecule has 5 heteroatoms. The maximum atomic E-state index is 11.9. The minimum Gasteiger partial charge on any atom is -0.454 e. The Morgan fingerprint density at radius 3 is 2.86 bits per heavy atom. The van der Waals surface area contributed by atoms with Crippen LogP contribution in [0.3, 0.4) is 0 Å². The maximum absolute atomic E-state index is 11.9. The Kier molecular flexibility index (Phi) is 3.75. The van der Waals surface area contributed by atoms with Crippen molar-refractivity contribution in [2.45, 2.75) is 0 Å². The number of amides is 1. The average molecular weight is 292 g/mol. The molecule has 1 aliphatic heterocycles. The van der Waals surface area contributed by atoms with E-state index in [-0.39, 0.29) is 12.7 Å². The van der Waals surface area contributed by atoms with Crippen LogP contribution in [0.1, 0.15) is 11.1 Å². The van der Waals surface area contributed by atoms with Gasteiger partial charge in [0.2, 0.25) is 12.7 Å². The lowest BCUT2D eigenvalue weighted by molar-refractivity contribution is -0.111. The molecule has 0 aliphatic carbocycles. The minimum atomic E-state index is -0.305. The zero-order valence-corrected chi connectivity index (χ0v) is 11.6. The predicted molar refractivity (Wildman–Crippen MR) is 81.4 cm³/mol. The molecule has 1 amide bonds. The normalized spacial score (nSPS) is 12.1. The molecule has 0 aromatic heterocycles. The van der Waals surface area contributed by atoms with Gasteiger partial charge in [-0.1, -0.05) is 18.2 Å². The molecule has 0 saturated heterocycles. The summed E-state index contributed by atoms with van der Waals surface area (Å²) in [5.41, 5.74) is 1.74. The molecule has 1 N–H and O–H groups in total. The predicted octanol–water partition coefficient (Wildman–Crippen LogP) is 2.94. The number of fused-ring (bicyclic) bond motifs is 1. The summed E-state index contributed by atoms with van der Waals surface area (Å²) in [6.45, 7) is 0.216. The first-order chi connectivity index (χ1) is 10.8.